The van der Waals surface area contributed by atoms with Gasteiger partial charge in [0.2, 0.25) is 0 Å². The summed E-state index contributed by atoms with van der Waals surface area (Å²) in [5.74, 6) is 0.452. The molecule has 1 heterocycles. The largest absolute Gasteiger partial charge is 0.361 e. The van der Waals surface area contributed by atoms with Gasteiger partial charge < -0.3 is 9.84 Å². The number of halogens is 1. The van der Waals surface area contributed by atoms with Crippen LogP contribution in [-0.4, -0.2) is 11.1 Å². The Kier molecular flexibility index (Phi) is 4.17. The van der Waals surface area contributed by atoms with Crippen LogP contribution in [0.25, 0.3) is 0 Å². The summed E-state index contributed by atoms with van der Waals surface area (Å²) >= 11 is 10.2. The van der Waals surface area contributed by atoms with Gasteiger partial charge in [0, 0.05) is 17.0 Å². The van der Waals surface area contributed by atoms with Crippen LogP contribution in [-0.2, 0) is 6.54 Å². The van der Waals surface area contributed by atoms with Crippen LogP contribution in [0.3, 0.4) is 0 Å². The summed E-state index contributed by atoms with van der Waals surface area (Å²) in [4.78, 5) is 12.7. The van der Waals surface area contributed by atoms with Gasteiger partial charge in [-0.05, 0) is 32.0 Å². The second-order valence-corrected chi connectivity index (χ2v) is 5.07. The molecule has 6 heteroatoms. The Labute approximate surface area is 121 Å². The van der Waals surface area contributed by atoms with Gasteiger partial charge in [-0.15, -0.1) is 12.6 Å². The molecule has 2 rings (SSSR count). The maximum absolute atomic E-state index is 12.1. The predicted molar refractivity (Wildman–Crippen MR) is 75.9 cm³/mol. The number of nitrogens with one attached hydrogen (secondary N) is 1. The number of aryl methyl sites for hydroxylation is 2. The highest BCUT2D eigenvalue weighted by molar-refractivity contribution is 7.80. The zero-order valence-electron chi connectivity index (χ0n) is 10.5. The monoisotopic (exact) mass is 296 g/mol. The van der Waals surface area contributed by atoms with Crippen molar-refractivity contribution in [2.24, 2.45) is 0 Å². The van der Waals surface area contributed by atoms with E-state index in [1.807, 2.05) is 13.8 Å². The van der Waals surface area contributed by atoms with Gasteiger partial charge in [0.15, 0.2) is 0 Å². The molecular formula is C13H13ClN2O2S. The molecule has 0 bridgehead atoms. The van der Waals surface area contributed by atoms with Crippen molar-refractivity contribution < 1.29 is 9.32 Å². The van der Waals surface area contributed by atoms with Crippen molar-refractivity contribution >= 4 is 30.1 Å². The van der Waals surface area contributed by atoms with Crippen molar-refractivity contribution in [3.05, 3.63) is 45.8 Å². The van der Waals surface area contributed by atoms with E-state index in [2.05, 4.69) is 23.1 Å². The first kappa shape index (κ1) is 14.0. The second kappa shape index (κ2) is 5.67. The summed E-state index contributed by atoms with van der Waals surface area (Å²) < 4.78 is 5.04. The molecule has 1 aromatic heterocycles. The third-order valence-corrected chi connectivity index (χ3v) is 3.41. The van der Waals surface area contributed by atoms with Gasteiger partial charge in [0.1, 0.15) is 5.76 Å². The summed E-state index contributed by atoms with van der Waals surface area (Å²) in [5.41, 5.74) is 2.05. The molecule has 0 saturated carbocycles. The van der Waals surface area contributed by atoms with E-state index in [-0.39, 0.29) is 5.91 Å². The molecule has 0 aliphatic heterocycles. The molecule has 4 nitrogen and oxygen atoms in total. The van der Waals surface area contributed by atoms with E-state index in [1.165, 1.54) is 0 Å². The fourth-order valence-electron chi connectivity index (χ4n) is 1.71. The number of aromatic nitrogens is 1. The van der Waals surface area contributed by atoms with E-state index in [0.29, 0.717) is 27.8 Å². The van der Waals surface area contributed by atoms with Gasteiger partial charge in [0.25, 0.3) is 5.91 Å². The molecule has 100 valence electrons. The molecule has 0 aliphatic carbocycles. The molecule has 1 amide bonds. The maximum atomic E-state index is 12.1. The minimum absolute atomic E-state index is 0.249. The van der Waals surface area contributed by atoms with Crippen LogP contribution >= 0.6 is 24.2 Å². The van der Waals surface area contributed by atoms with Gasteiger partial charge in [-0.25, -0.2) is 0 Å². The highest BCUT2D eigenvalue weighted by Crippen LogP contribution is 2.20. The zero-order chi connectivity index (χ0) is 14.0. The Morgan fingerprint density at radius 2 is 2.21 bits per heavy atom. The predicted octanol–water partition coefficient (Wildman–Crippen LogP) is 3.16. The molecule has 0 radical (unpaired) electrons. The average molecular weight is 297 g/mol. The minimum atomic E-state index is -0.249. The van der Waals surface area contributed by atoms with Crippen LogP contribution in [0.2, 0.25) is 5.02 Å². The van der Waals surface area contributed by atoms with E-state index in [4.69, 9.17) is 16.1 Å². The van der Waals surface area contributed by atoms with E-state index >= 15 is 0 Å². The third-order valence-electron chi connectivity index (χ3n) is 2.80. The Morgan fingerprint density at radius 3 is 2.84 bits per heavy atom. The van der Waals surface area contributed by atoms with E-state index in [1.54, 1.807) is 18.2 Å². The number of carbonyl (C=O) groups is 1. The summed E-state index contributed by atoms with van der Waals surface area (Å²) in [5, 5.41) is 7.02. The first-order chi connectivity index (χ1) is 8.99. The maximum Gasteiger partial charge on any atom is 0.253 e. The molecule has 1 N–H and O–H groups in total. The number of hydrogen-bond acceptors (Lipinski definition) is 4. The molecule has 2 aromatic rings. The Hall–Kier alpha value is -1.46. The summed E-state index contributed by atoms with van der Waals surface area (Å²) in [7, 11) is 0. The van der Waals surface area contributed by atoms with Gasteiger partial charge in [-0.1, -0.05) is 16.8 Å². The number of hydrogen-bond donors (Lipinski definition) is 2. The molecular weight excluding hydrogens is 284 g/mol. The zero-order valence-corrected chi connectivity index (χ0v) is 12.2. The molecule has 0 saturated heterocycles. The molecule has 1 aromatic carbocycles. The standard InChI is InChI=1S/C13H13ClN2O2S/c1-7-11(8(2)18-16-7)6-15-13(17)10-5-9(19)3-4-12(10)14/h3-5,19H,6H2,1-2H3,(H,15,17). The average Bonchev–Trinajstić information content (AvgIpc) is 2.69. The van der Waals surface area contributed by atoms with Crippen LogP contribution < -0.4 is 5.32 Å². The molecule has 0 unspecified atom stereocenters. The summed E-state index contributed by atoms with van der Waals surface area (Å²) in [6.45, 7) is 4.00. The normalized spacial score (nSPS) is 10.5. The van der Waals surface area contributed by atoms with Crippen LogP contribution in [0.4, 0.5) is 0 Å². The van der Waals surface area contributed by atoms with Gasteiger partial charge >= 0.3 is 0 Å². The first-order valence-corrected chi connectivity index (χ1v) is 6.50. The second-order valence-electron chi connectivity index (χ2n) is 4.15. The minimum Gasteiger partial charge on any atom is -0.361 e. The number of rotatable bonds is 3. The third kappa shape index (κ3) is 3.11. The number of benzene rings is 1. The Balaban J connectivity index is 2.12. The van der Waals surface area contributed by atoms with Gasteiger partial charge in [0.05, 0.1) is 16.3 Å². The SMILES string of the molecule is Cc1noc(C)c1CNC(=O)c1cc(S)ccc1Cl. The highest BCUT2D eigenvalue weighted by Gasteiger charge is 2.13. The lowest BCUT2D eigenvalue weighted by molar-refractivity contribution is 0.0950. The quantitative estimate of drug-likeness (QED) is 0.856. The van der Waals surface area contributed by atoms with Crippen LogP contribution in [0.1, 0.15) is 27.4 Å². The van der Waals surface area contributed by atoms with Crippen LogP contribution in [0.15, 0.2) is 27.6 Å². The van der Waals surface area contributed by atoms with Crippen molar-refractivity contribution in [2.45, 2.75) is 25.3 Å². The van der Waals surface area contributed by atoms with Gasteiger partial charge in [-0.2, -0.15) is 0 Å². The number of carbonyl (C=O) groups excluding carboxylic acids is 1. The number of nitrogens with zero attached hydrogens (tertiary/aromatic N) is 1. The molecule has 19 heavy (non-hydrogen) atoms. The molecule has 0 atom stereocenters. The summed E-state index contributed by atoms with van der Waals surface area (Å²) in [6.07, 6.45) is 0. The lowest BCUT2D eigenvalue weighted by Crippen LogP contribution is -2.23. The number of thiol groups is 1. The van der Waals surface area contributed by atoms with E-state index < -0.39 is 0 Å². The van der Waals surface area contributed by atoms with Crippen LogP contribution in [0.5, 0.6) is 0 Å². The van der Waals surface area contributed by atoms with Crippen molar-refractivity contribution in [1.82, 2.24) is 10.5 Å². The fourth-order valence-corrected chi connectivity index (χ4v) is 2.11. The van der Waals surface area contributed by atoms with Crippen molar-refractivity contribution in [3.8, 4) is 0 Å². The highest BCUT2D eigenvalue weighted by atomic mass is 35.5. The van der Waals surface area contributed by atoms with Crippen molar-refractivity contribution in [3.63, 3.8) is 0 Å². The smallest absolute Gasteiger partial charge is 0.253 e. The lowest BCUT2D eigenvalue weighted by Gasteiger charge is -2.07. The van der Waals surface area contributed by atoms with E-state index in [9.17, 15) is 4.79 Å². The topological polar surface area (TPSA) is 55.1 Å². The number of amides is 1. The Bertz CT molecular complexity index is 606. The van der Waals surface area contributed by atoms with Crippen molar-refractivity contribution in [2.75, 3.05) is 0 Å². The molecule has 0 aliphatic rings. The lowest BCUT2D eigenvalue weighted by atomic mass is 10.2. The van der Waals surface area contributed by atoms with Crippen molar-refractivity contribution in [1.29, 1.82) is 0 Å². The molecule has 0 fully saturated rings. The van der Waals surface area contributed by atoms with E-state index in [0.717, 1.165) is 11.3 Å². The summed E-state index contributed by atoms with van der Waals surface area (Å²) in [6, 6.07) is 5.01. The Morgan fingerprint density at radius 1 is 1.47 bits per heavy atom. The molecule has 0 spiro atoms. The van der Waals surface area contributed by atoms with Crippen LogP contribution in [0, 0.1) is 13.8 Å². The van der Waals surface area contributed by atoms with Gasteiger partial charge in [-0.3, -0.25) is 4.79 Å². The fraction of sp³-hybridized carbons (Fsp3) is 0.231. The first-order valence-electron chi connectivity index (χ1n) is 5.67.